The molecule has 5 unspecified atom stereocenters. The van der Waals surface area contributed by atoms with Crippen LogP contribution in [0.5, 0.6) is 0 Å². The van der Waals surface area contributed by atoms with Crippen LogP contribution < -0.4 is 0 Å². The van der Waals surface area contributed by atoms with Crippen LogP contribution >= 0.6 is 15.6 Å². The molecule has 4 N–H and O–H groups in total. The highest BCUT2D eigenvalue weighted by molar-refractivity contribution is 7.47. The van der Waals surface area contributed by atoms with Gasteiger partial charge in [0.15, 0.2) is 6.10 Å². The van der Waals surface area contributed by atoms with Crippen molar-refractivity contribution in [2.75, 3.05) is 39.6 Å². The highest BCUT2D eigenvalue weighted by Gasteiger charge is 2.29. The van der Waals surface area contributed by atoms with Crippen LogP contribution in [-0.2, 0) is 55.8 Å². The van der Waals surface area contributed by atoms with Gasteiger partial charge in [0.2, 0.25) is 0 Å². The van der Waals surface area contributed by atoms with E-state index in [1.165, 1.54) is 25.7 Å². The van der Waals surface area contributed by atoms with Gasteiger partial charge in [0.1, 0.15) is 25.4 Å². The van der Waals surface area contributed by atoms with Crippen molar-refractivity contribution in [1.82, 2.24) is 0 Å². The quantitative estimate of drug-likeness (QED) is 0.0146. The van der Waals surface area contributed by atoms with Gasteiger partial charge in [0.25, 0.3) is 0 Å². The minimum Gasteiger partial charge on any atom is -0.463 e. The molecule has 0 radical (unpaired) electrons. The number of esters is 3. The van der Waals surface area contributed by atoms with E-state index >= 15 is 0 Å². The summed E-state index contributed by atoms with van der Waals surface area (Å²) in [6.45, 7) is 2.35. The Labute approximate surface area is 562 Å². The zero-order valence-electron chi connectivity index (χ0n) is 57.4. The fourth-order valence-electron chi connectivity index (χ4n) is 8.65. The molecule has 0 aliphatic rings. The fraction of sp³-hybridized carbons (Fsp3) is 0.640. The molecule has 0 aliphatic heterocycles. The summed E-state index contributed by atoms with van der Waals surface area (Å²) in [5.74, 6) is -1.66. The van der Waals surface area contributed by atoms with Crippen molar-refractivity contribution in [1.29, 1.82) is 0 Å². The lowest BCUT2D eigenvalue weighted by atomic mass is 10.1. The number of unbranched alkanes of at least 4 members (excludes halogenated alkanes) is 18. The number of hydrogen-bond acceptors (Lipinski definition) is 14. The average molecular weight is 1340 g/mol. The lowest BCUT2D eigenvalue weighted by Crippen LogP contribution is -2.30. The molecule has 0 aliphatic carbocycles. The summed E-state index contributed by atoms with van der Waals surface area (Å²) in [7, 11) is -9.81. The first-order chi connectivity index (χ1) is 45.2. The maximum Gasteiger partial charge on any atom is 0.472 e. The Balaban J connectivity index is 4.68. The van der Waals surface area contributed by atoms with E-state index in [0.717, 1.165) is 167 Å². The van der Waals surface area contributed by atoms with Crippen LogP contribution in [0.2, 0.25) is 0 Å². The number of allylic oxidation sites excluding steroid dienone is 24. The van der Waals surface area contributed by atoms with Crippen LogP contribution in [-0.4, -0.2) is 95.9 Å². The third kappa shape index (κ3) is 68.6. The molecule has 0 spiro atoms. The van der Waals surface area contributed by atoms with E-state index in [2.05, 4.69) is 167 Å². The number of rotatable bonds is 65. The van der Waals surface area contributed by atoms with Crippen LogP contribution in [0.4, 0.5) is 0 Å². The standard InChI is InChI=1S/C75H124O16P2/c1-4-7-10-13-16-19-22-25-27-29-31-33-34-36-38-39-41-44-46-49-52-55-58-61-73(78)85-64-70(76)65-87-92(81,82)88-66-71(77)67-89-93(83,84)90-69-72(91-75(80)63-60-57-54-51-48-43-24-21-18-15-12-9-6-3)68-86-74(79)62-59-56-53-50-47-45-42-40-37-35-32-30-28-26-23-20-17-14-11-8-5-2/h8,11-12,15-17,19-21,24-28,31-33,35-36,38,40,42,47,50,70-72,76-77H,4-7,9-10,13-14,18,22-23,29-30,34,37,39,41,43-46,48-49,51-69H2,1-3H3,(H,81,82)(H,83,84)/b11-8-,15-12-,19-16-,20-17-,24-21-,27-25-,28-26-,33-31-,35-32-,38-36-,42-40-,50-47-. The second kappa shape index (κ2) is 67.4. The Morgan fingerprint density at radius 2 is 0.591 bits per heavy atom. The Morgan fingerprint density at radius 3 is 0.968 bits per heavy atom. The molecule has 18 heteroatoms. The van der Waals surface area contributed by atoms with Crippen LogP contribution in [0.15, 0.2) is 146 Å². The van der Waals surface area contributed by atoms with Gasteiger partial charge in [0, 0.05) is 19.3 Å². The predicted molar refractivity (Wildman–Crippen MR) is 380 cm³/mol. The summed E-state index contributed by atoms with van der Waals surface area (Å²) in [5, 5.41) is 20.6. The van der Waals surface area contributed by atoms with Gasteiger partial charge < -0.3 is 34.2 Å². The molecular formula is C75H124O16P2. The van der Waals surface area contributed by atoms with Gasteiger partial charge in [-0.15, -0.1) is 0 Å². The number of ether oxygens (including phenoxy) is 3. The number of phosphoric acid groups is 2. The van der Waals surface area contributed by atoms with E-state index in [1.807, 2.05) is 0 Å². The Morgan fingerprint density at radius 1 is 0.312 bits per heavy atom. The normalized spacial score (nSPS) is 15.0. The highest BCUT2D eigenvalue weighted by Crippen LogP contribution is 2.45. The van der Waals surface area contributed by atoms with Gasteiger partial charge in [-0.05, 0) is 141 Å². The second-order valence-corrected chi connectivity index (χ2v) is 25.8. The number of phosphoric ester groups is 2. The molecule has 0 rings (SSSR count). The fourth-order valence-corrected chi connectivity index (χ4v) is 10.2. The molecule has 0 bridgehead atoms. The first-order valence-electron chi connectivity index (χ1n) is 35.1. The first kappa shape index (κ1) is 88.4. The molecule has 93 heavy (non-hydrogen) atoms. The number of aliphatic hydroxyl groups is 2. The molecular weight excluding hydrogens is 1220 g/mol. The van der Waals surface area contributed by atoms with Crippen molar-refractivity contribution in [3.8, 4) is 0 Å². The minimum atomic E-state index is -4.94. The van der Waals surface area contributed by atoms with Gasteiger partial charge in [-0.1, -0.05) is 237 Å². The van der Waals surface area contributed by atoms with Crippen LogP contribution in [0, 0.1) is 0 Å². The maximum absolute atomic E-state index is 12.9. The Bertz CT molecular complexity index is 2280. The monoisotopic (exact) mass is 1340 g/mol. The largest absolute Gasteiger partial charge is 0.472 e. The topological polar surface area (TPSA) is 231 Å². The Hall–Kier alpha value is -4.57. The van der Waals surface area contributed by atoms with Crippen molar-refractivity contribution in [3.63, 3.8) is 0 Å². The van der Waals surface area contributed by atoms with Crippen LogP contribution in [0.25, 0.3) is 0 Å². The van der Waals surface area contributed by atoms with E-state index in [0.29, 0.717) is 19.3 Å². The van der Waals surface area contributed by atoms with Gasteiger partial charge in [-0.3, -0.25) is 32.5 Å². The molecule has 0 heterocycles. The minimum absolute atomic E-state index is 0.0729. The predicted octanol–water partition coefficient (Wildman–Crippen LogP) is 19.8. The van der Waals surface area contributed by atoms with Crippen molar-refractivity contribution in [3.05, 3.63) is 146 Å². The summed E-state index contributed by atoms with van der Waals surface area (Å²) < 4.78 is 60.8. The lowest BCUT2D eigenvalue weighted by molar-refractivity contribution is -0.161. The third-order valence-electron chi connectivity index (χ3n) is 14.0. The van der Waals surface area contributed by atoms with Crippen molar-refractivity contribution >= 4 is 33.6 Å². The summed E-state index contributed by atoms with van der Waals surface area (Å²) in [5.41, 5.74) is 0. The highest BCUT2D eigenvalue weighted by atomic mass is 31.2. The third-order valence-corrected chi connectivity index (χ3v) is 15.9. The summed E-state index contributed by atoms with van der Waals surface area (Å²) >= 11 is 0. The van der Waals surface area contributed by atoms with Crippen LogP contribution in [0.3, 0.4) is 0 Å². The van der Waals surface area contributed by atoms with Crippen molar-refractivity contribution in [2.45, 2.75) is 270 Å². The van der Waals surface area contributed by atoms with Crippen molar-refractivity contribution < 1.29 is 75.8 Å². The molecule has 16 nitrogen and oxygen atoms in total. The molecule has 0 amide bonds. The van der Waals surface area contributed by atoms with E-state index in [-0.39, 0.29) is 19.3 Å². The van der Waals surface area contributed by atoms with E-state index in [1.54, 1.807) is 0 Å². The van der Waals surface area contributed by atoms with Crippen molar-refractivity contribution in [2.24, 2.45) is 0 Å². The first-order valence-corrected chi connectivity index (χ1v) is 38.1. The molecule has 0 aromatic heterocycles. The summed E-state index contributed by atoms with van der Waals surface area (Å²) in [4.78, 5) is 58.4. The van der Waals surface area contributed by atoms with Gasteiger partial charge >= 0.3 is 33.6 Å². The van der Waals surface area contributed by atoms with E-state index < -0.39 is 91.5 Å². The van der Waals surface area contributed by atoms with Crippen LogP contribution in [0.1, 0.15) is 252 Å². The van der Waals surface area contributed by atoms with Gasteiger partial charge in [-0.25, -0.2) is 9.13 Å². The average Bonchev–Trinajstić information content (AvgIpc) is 3.52. The zero-order valence-corrected chi connectivity index (χ0v) is 59.2. The number of hydrogen-bond donors (Lipinski definition) is 4. The van der Waals surface area contributed by atoms with E-state index in [9.17, 15) is 43.5 Å². The molecule has 5 atom stereocenters. The molecule has 0 saturated heterocycles. The maximum atomic E-state index is 12.9. The number of carbonyl (C=O) groups is 3. The summed E-state index contributed by atoms with van der Waals surface area (Å²) in [6.07, 6.45) is 80.4. The molecule has 0 saturated carbocycles. The zero-order chi connectivity index (χ0) is 68.1. The lowest BCUT2D eigenvalue weighted by Gasteiger charge is -2.21. The molecule has 0 aromatic carbocycles. The second-order valence-electron chi connectivity index (χ2n) is 22.9. The Kier molecular flexibility index (Phi) is 64.1. The molecule has 0 aromatic rings. The number of carbonyl (C=O) groups excluding carboxylic acids is 3. The smallest absolute Gasteiger partial charge is 0.463 e. The van der Waals surface area contributed by atoms with Gasteiger partial charge in [-0.2, -0.15) is 0 Å². The summed E-state index contributed by atoms with van der Waals surface area (Å²) in [6, 6.07) is 0. The van der Waals surface area contributed by atoms with E-state index in [4.69, 9.17) is 32.3 Å². The SMILES string of the molecule is CC/C=C\C/C=C\C/C=C\C/C=C\C/C=C\C/C=C\CCCCC(=O)OCC(COP(=O)(O)OCC(O)COP(=O)(O)OCC(O)COC(=O)CCCCCCCCC/C=C\C/C=C\C/C=C\C/C=C\CCCCC)OC(=O)CCCCCCC/C=C\C/C=C\CCC. The van der Waals surface area contributed by atoms with Gasteiger partial charge in [0.05, 0.1) is 26.4 Å². The number of aliphatic hydroxyl groups excluding tert-OH is 2. The molecule has 530 valence electrons. The molecule has 0 fully saturated rings.